The van der Waals surface area contributed by atoms with Crippen molar-refractivity contribution in [3.05, 3.63) is 23.3 Å². The third-order valence-electron chi connectivity index (χ3n) is 2.85. The van der Waals surface area contributed by atoms with Gasteiger partial charge in [0.05, 0.1) is 19.8 Å². The van der Waals surface area contributed by atoms with Crippen molar-refractivity contribution in [2.75, 3.05) is 14.2 Å². The summed E-state index contributed by atoms with van der Waals surface area (Å²) < 4.78 is 37.1. The fraction of sp³-hybridized carbons (Fsp3) is 0.455. The lowest BCUT2D eigenvalue weighted by atomic mass is 10.0. The molecule has 1 fully saturated rings. The summed E-state index contributed by atoms with van der Waals surface area (Å²) in [4.78, 5) is 0. The normalized spacial score (nSPS) is 17.1. The molecule has 0 heterocycles. The van der Waals surface area contributed by atoms with Crippen LogP contribution in [0.2, 0.25) is 0 Å². The van der Waals surface area contributed by atoms with Crippen LogP contribution in [0.25, 0.3) is 0 Å². The SMILES string of the molecule is COc1cc(F)c(F)c(C2(N)CC2)c1OC. The molecule has 0 bridgehead atoms. The van der Waals surface area contributed by atoms with Crippen molar-refractivity contribution in [2.45, 2.75) is 18.4 Å². The van der Waals surface area contributed by atoms with E-state index in [2.05, 4.69) is 0 Å². The minimum absolute atomic E-state index is 0.0758. The molecule has 16 heavy (non-hydrogen) atoms. The maximum Gasteiger partial charge on any atom is 0.168 e. The summed E-state index contributed by atoms with van der Waals surface area (Å²) in [5, 5.41) is 0. The first-order valence-electron chi connectivity index (χ1n) is 4.93. The predicted octanol–water partition coefficient (Wildman–Crippen LogP) is 1.93. The summed E-state index contributed by atoms with van der Waals surface area (Å²) >= 11 is 0. The molecule has 3 nitrogen and oxygen atoms in total. The van der Waals surface area contributed by atoms with E-state index in [4.69, 9.17) is 15.2 Å². The molecule has 0 unspecified atom stereocenters. The first kappa shape index (κ1) is 11.1. The first-order chi connectivity index (χ1) is 7.53. The average molecular weight is 229 g/mol. The van der Waals surface area contributed by atoms with E-state index < -0.39 is 17.2 Å². The number of hydrogen-bond donors (Lipinski definition) is 1. The van der Waals surface area contributed by atoms with E-state index in [-0.39, 0.29) is 17.1 Å². The maximum absolute atomic E-state index is 13.7. The Balaban J connectivity index is 2.67. The lowest BCUT2D eigenvalue weighted by Crippen LogP contribution is -2.22. The number of methoxy groups -OCH3 is 2. The van der Waals surface area contributed by atoms with Gasteiger partial charge >= 0.3 is 0 Å². The highest BCUT2D eigenvalue weighted by Crippen LogP contribution is 2.50. The van der Waals surface area contributed by atoms with E-state index >= 15 is 0 Å². The zero-order chi connectivity index (χ0) is 11.9. The minimum atomic E-state index is -0.968. The summed E-state index contributed by atoms with van der Waals surface area (Å²) in [5.41, 5.74) is 5.16. The zero-order valence-corrected chi connectivity index (χ0v) is 9.14. The highest BCUT2D eigenvalue weighted by molar-refractivity contribution is 5.52. The Labute approximate surface area is 92.1 Å². The van der Waals surface area contributed by atoms with Gasteiger partial charge in [0.1, 0.15) is 0 Å². The molecule has 1 aromatic carbocycles. The second-order valence-corrected chi connectivity index (χ2v) is 3.94. The molecule has 0 spiro atoms. The third kappa shape index (κ3) is 1.51. The molecule has 1 aliphatic rings. The maximum atomic E-state index is 13.7. The van der Waals surface area contributed by atoms with Gasteiger partial charge in [-0.1, -0.05) is 0 Å². The van der Waals surface area contributed by atoms with Crippen molar-refractivity contribution in [1.29, 1.82) is 0 Å². The Morgan fingerprint density at radius 3 is 2.31 bits per heavy atom. The molecule has 88 valence electrons. The summed E-state index contributed by atoms with van der Waals surface area (Å²) in [6.07, 6.45) is 1.24. The highest BCUT2D eigenvalue weighted by atomic mass is 19.2. The van der Waals surface area contributed by atoms with Crippen LogP contribution in [0.15, 0.2) is 6.07 Å². The standard InChI is InChI=1S/C11H13F2NO2/c1-15-7-5-6(12)9(13)8(10(7)16-2)11(14)3-4-11/h5H,3-4,14H2,1-2H3. The summed E-state index contributed by atoms with van der Waals surface area (Å²) in [6.45, 7) is 0. The van der Waals surface area contributed by atoms with Crippen LogP contribution in [-0.2, 0) is 5.54 Å². The van der Waals surface area contributed by atoms with Gasteiger partial charge in [0, 0.05) is 11.6 Å². The monoisotopic (exact) mass is 229 g/mol. The summed E-state index contributed by atoms with van der Waals surface area (Å²) in [7, 11) is 2.75. The Bertz CT molecular complexity index is 430. The van der Waals surface area contributed by atoms with Crippen molar-refractivity contribution < 1.29 is 18.3 Å². The quantitative estimate of drug-likeness (QED) is 0.861. The molecule has 0 radical (unpaired) electrons. The molecule has 2 rings (SSSR count). The Kier molecular flexibility index (Phi) is 2.50. The van der Waals surface area contributed by atoms with Crippen LogP contribution in [-0.4, -0.2) is 14.2 Å². The molecule has 0 aromatic heterocycles. The lowest BCUT2D eigenvalue weighted by molar-refractivity contribution is 0.337. The van der Waals surface area contributed by atoms with Gasteiger partial charge < -0.3 is 15.2 Å². The van der Waals surface area contributed by atoms with Crippen LogP contribution in [0.4, 0.5) is 8.78 Å². The number of benzene rings is 1. The lowest BCUT2D eigenvalue weighted by Gasteiger charge is -2.18. The smallest absolute Gasteiger partial charge is 0.168 e. The second-order valence-electron chi connectivity index (χ2n) is 3.94. The van der Waals surface area contributed by atoms with Crippen LogP contribution in [0.3, 0.4) is 0 Å². The van der Waals surface area contributed by atoms with Crippen LogP contribution >= 0.6 is 0 Å². The van der Waals surface area contributed by atoms with E-state index in [9.17, 15) is 8.78 Å². The van der Waals surface area contributed by atoms with Crippen LogP contribution in [0.1, 0.15) is 18.4 Å². The van der Waals surface area contributed by atoms with Crippen molar-refractivity contribution in [1.82, 2.24) is 0 Å². The van der Waals surface area contributed by atoms with E-state index in [0.29, 0.717) is 12.8 Å². The van der Waals surface area contributed by atoms with Gasteiger partial charge in [-0.05, 0) is 12.8 Å². The van der Waals surface area contributed by atoms with Crippen LogP contribution in [0.5, 0.6) is 11.5 Å². The average Bonchev–Trinajstić information content (AvgIpc) is 3.00. The van der Waals surface area contributed by atoms with Gasteiger partial charge in [-0.2, -0.15) is 0 Å². The van der Waals surface area contributed by atoms with E-state index in [0.717, 1.165) is 6.07 Å². The van der Waals surface area contributed by atoms with Gasteiger partial charge in [0.15, 0.2) is 23.1 Å². The molecular formula is C11H13F2NO2. The number of rotatable bonds is 3. The molecule has 2 N–H and O–H groups in total. The fourth-order valence-electron chi connectivity index (χ4n) is 1.77. The Hall–Kier alpha value is -1.36. The number of nitrogens with two attached hydrogens (primary N) is 1. The van der Waals surface area contributed by atoms with Gasteiger partial charge in [-0.15, -0.1) is 0 Å². The van der Waals surface area contributed by atoms with Crippen LogP contribution in [0, 0.1) is 11.6 Å². The first-order valence-corrected chi connectivity index (χ1v) is 4.93. The molecule has 0 amide bonds. The van der Waals surface area contributed by atoms with E-state index in [1.807, 2.05) is 0 Å². The largest absolute Gasteiger partial charge is 0.493 e. The number of hydrogen-bond acceptors (Lipinski definition) is 3. The van der Waals surface area contributed by atoms with Crippen molar-refractivity contribution in [3.8, 4) is 11.5 Å². The molecule has 5 heteroatoms. The highest BCUT2D eigenvalue weighted by Gasteiger charge is 2.46. The minimum Gasteiger partial charge on any atom is -0.493 e. The molecular weight excluding hydrogens is 216 g/mol. The topological polar surface area (TPSA) is 44.5 Å². The zero-order valence-electron chi connectivity index (χ0n) is 9.14. The van der Waals surface area contributed by atoms with E-state index in [1.54, 1.807) is 0 Å². The van der Waals surface area contributed by atoms with Crippen molar-refractivity contribution >= 4 is 0 Å². The number of ether oxygens (including phenoxy) is 2. The van der Waals surface area contributed by atoms with Crippen molar-refractivity contribution in [3.63, 3.8) is 0 Å². The third-order valence-corrected chi connectivity index (χ3v) is 2.85. The Morgan fingerprint density at radius 1 is 1.25 bits per heavy atom. The van der Waals surface area contributed by atoms with Gasteiger partial charge in [-0.3, -0.25) is 0 Å². The molecule has 1 aliphatic carbocycles. The summed E-state index contributed by atoms with van der Waals surface area (Å²) in [5.74, 6) is -1.57. The molecule has 0 saturated heterocycles. The molecule has 0 aliphatic heterocycles. The van der Waals surface area contributed by atoms with Crippen LogP contribution < -0.4 is 15.2 Å². The molecule has 0 atom stereocenters. The van der Waals surface area contributed by atoms with Crippen molar-refractivity contribution in [2.24, 2.45) is 5.73 Å². The second kappa shape index (κ2) is 3.59. The fourth-order valence-corrected chi connectivity index (χ4v) is 1.77. The number of halogens is 2. The van der Waals surface area contributed by atoms with Gasteiger partial charge in [0.25, 0.3) is 0 Å². The predicted molar refractivity (Wildman–Crippen MR) is 54.6 cm³/mol. The molecule has 1 aromatic rings. The van der Waals surface area contributed by atoms with E-state index in [1.165, 1.54) is 14.2 Å². The van der Waals surface area contributed by atoms with Gasteiger partial charge in [-0.25, -0.2) is 8.78 Å². The Morgan fingerprint density at radius 2 is 1.88 bits per heavy atom. The molecule has 1 saturated carbocycles. The summed E-state index contributed by atoms with van der Waals surface area (Å²) in [6, 6.07) is 0.962. The van der Waals surface area contributed by atoms with Gasteiger partial charge in [0.2, 0.25) is 0 Å².